The lowest BCUT2D eigenvalue weighted by molar-refractivity contribution is 0.198. The summed E-state index contributed by atoms with van der Waals surface area (Å²) < 4.78 is 0. The van der Waals surface area contributed by atoms with Gasteiger partial charge in [-0.15, -0.1) is 0 Å². The molecule has 1 aliphatic rings. The Labute approximate surface area is 169 Å². The van der Waals surface area contributed by atoms with E-state index in [1.54, 1.807) is 0 Å². The second-order valence-corrected chi connectivity index (χ2v) is 8.00. The molecule has 1 heterocycles. The second-order valence-electron chi connectivity index (χ2n) is 8.00. The molecule has 3 aromatic rings. The number of nitrogens with one attached hydrogen (secondary N) is 1. The Morgan fingerprint density at radius 2 is 1.14 bits per heavy atom. The van der Waals surface area contributed by atoms with E-state index in [0.29, 0.717) is 12.0 Å². The molecule has 1 fully saturated rings. The largest absolute Gasteiger partial charge is 0.314 e. The molecule has 1 atom stereocenters. The highest BCUT2D eigenvalue weighted by Crippen LogP contribution is 2.31. The zero-order valence-corrected chi connectivity index (χ0v) is 16.9. The lowest BCUT2D eigenvalue weighted by Gasteiger charge is -2.35. The van der Waals surface area contributed by atoms with E-state index >= 15 is 0 Å². The van der Waals surface area contributed by atoms with Crippen LogP contribution >= 0.6 is 0 Å². The fraction of sp³-hybridized carbons (Fsp3) is 0.308. The van der Waals surface area contributed by atoms with Gasteiger partial charge in [0.05, 0.1) is 6.04 Å². The molecule has 0 saturated carbocycles. The number of benzene rings is 3. The minimum Gasteiger partial charge on any atom is -0.314 e. The summed E-state index contributed by atoms with van der Waals surface area (Å²) in [5.41, 5.74) is 6.72. The van der Waals surface area contributed by atoms with Crippen LogP contribution in [0.1, 0.15) is 42.5 Å². The quantitative estimate of drug-likeness (QED) is 0.640. The number of hydrogen-bond acceptors (Lipinski definition) is 2. The van der Waals surface area contributed by atoms with Crippen LogP contribution in [0.5, 0.6) is 0 Å². The van der Waals surface area contributed by atoms with E-state index in [1.165, 1.54) is 27.8 Å². The Morgan fingerprint density at radius 1 is 0.643 bits per heavy atom. The van der Waals surface area contributed by atoms with Gasteiger partial charge in [-0.3, -0.25) is 4.90 Å². The normalized spacial score (nSPS) is 16.2. The predicted molar refractivity (Wildman–Crippen MR) is 119 cm³/mol. The zero-order valence-electron chi connectivity index (χ0n) is 16.9. The molecule has 3 aromatic carbocycles. The van der Waals surface area contributed by atoms with Gasteiger partial charge in [0.2, 0.25) is 0 Å². The van der Waals surface area contributed by atoms with Gasteiger partial charge < -0.3 is 5.32 Å². The van der Waals surface area contributed by atoms with Crippen molar-refractivity contribution in [3.05, 3.63) is 95.6 Å². The first-order valence-electron chi connectivity index (χ1n) is 10.4. The summed E-state index contributed by atoms with van der Waals surface area (Å²) in [6, 6.07) is 29.3. The minimum absolute atomic E-state index is 0.313. The van der Waals surface area contributed by atoms with E-state index < -0.39 is 0 Å². The van der Waals surface area contributed by atoms with Gasteiger partial charge >= 0.3 is 0 Å². The van der Waals surface area contributed by atoms with E-state index in [1.807, 2.05) is 0 Å². The Hall–Kier alpha value is -2.42. The predicted octanol–water partition coefficient (Wildman–Crippen LogP) is 5.47. The van der Waals surface area contributed by atoms with Crippen molar-refractivity contribution in [1.29, 1.82) is 0 Å². The van der Waals surface area contributed by atoms with Crippen LogP contribution in [0.15, 0.2) is 78.9 Å². The molecule has 0 spiro atoms. The number of rotatable bonds is 5. The first-order valence-corrected chi connectivity index (χ1v) is 10.4. The smallest absolute Gasteiger partial charge is 0.0602 e. The molecule has 1 aliphatic heterocycles. The van der Waals surface area contributed by atoms with Gasteiger partial charge in [-0.1, -0.05) is 92.7 Å². The van der Waals surface area contributed by atoms with Gasteiger partial charge in [0.15, 0.2) is 0 Å². The summed E-state index contributed by atoms with van der Waals surface area (Å²) in [6.07, 6.45) is 0. The molecule has 0 radical (unpaired) electrons. The molecule has 0 aromatic heterocycles. The molecule has 0 amide bonds. The molecular formula is C26H30N2. The van der Waals surface area contributed by atoms with Crippen LogP contribution in [0.2, 0.25) is 0 Å². The first kappa shape index (κ1) is 18.9. The van der Waals surface area contributed by atoms with Gasteiger partial charge in [-0.2, -0.15) is 0 Å². The standard InChI is InChI=1S/C26H30N2/c1-20(2)21-8-12-24(13-9-21)26(28-18-16-27-17-19-28)25-14-10-23(11-15-25)22-6-4-3-5-7-22/h3-15,20,26-27H,16-19H2,1-2H3. The highest BCUT2D eigenvalue weighted by atomic mass is 15.2. The lowest BCUT2D eigenvalue weighted by atomic mass is 9.92. The fourth-order valence-electron chi connectivity index (χ4n) is 4.11. The molecule has 0 aliphatic carbocycles. The van der Waals surface area contributed by atoms with Crippen molar-refractivity contribution in [3.63, 3.8) is 0 Å². The summed E-state index contributed by atoms with van der Waals surface area (Å²) in [4.78, 5) is 2.61. The summed E-state index contributed by atoms with van der Waals surface area (Å²) in [5.74, 6) is 0.567. The van der Waals surface area contributed by atoms with Crippen molar-refractivity contribution in [2.45, 2.75) is 25.8 Å². The highest BCUT2D eigenvalue weighted by Gasteiger charge is 2.24. The van der Waals surface area contributed by atoms with Gasteiger partial charge in [0.25, 0.3) is 0 Å². The third kappa shape index (κ3) is 4.19. The fourth-order valence-corrected chi connectivity index (χ4v) is 4.11. The van der Waals surface area contributed by atoms with E-state index in [-0.39, 0.29) is 0 Å². The maximum Gasteiger partial charge on any atom is 0.0602 e. The van der Waals surface area contributed by atoms with Crippen molar-refractivity contribution < 1.29 is 0 Å². The van der Waals surface area contributed by atoms with E-state index in [0.717, 1.165) is 26.2 Å². The van der Waals surface area contributed by atoms with Crippen LogP contribution in [0.3, 0.4) is 0 Å². The molecule has 2 nitrogen and oxygen atoms in total. The van der Waals surface area contributed by atoms with Crippen LogP contribution in [0, 0.1) is 0 Å². The monoisotopic (exact) mass is 370 g/mol. The molecule has 0 bridgehead atoms. The Morgan fingerprint density at radius 3 is 1.71 bits per heavy atom. The van der Waals surface area contributed by atoms with Gasteiger partial charge in [-0.25, -0.2) is 0 Å². The van der Waals surface area contributed by atoms with Gasteiger partial charge in [-0.05, 0) is 33.7 Å². The molecule has 144 valence electrons. The third-order valence-corrected chi connectivity index (χ3v) is 5.77. The summed E-state index contributed by atoms with van der Waals surface area (Å²) in [6.45, 7) is 8.79. The molecule has 2 heteroatoms. The van der Waals surface area contributed by atoms with Crippen LogP contribution in [-0.4, -0.2) is 31.1 Å². The lowest BCUT2D eigenvalue weighted by Crippen LogP contribution is -2.45. The van der Waals surface area contributed by atoms with Gasteiger partial charge in [0, 0.05) is 26.2 Å². The maximum atomic E-state index is 3.49. The molecular weight excluding hydrogens is 340 g/mol. The molecule has 1 saturated heterocycles. The average Bonchev–Trinajstić information content (AvgIpc) is 2.76. The van der Waals surface area contributed by atoms with Crippen LogP contribution in [-0.2, 0) is 0 Å². The molecule has 1 N–H and O–H groups in total. The number of piperazine rings is 1. The van der Waals surface area contributed by atoms with Crippen molar-refractivity contribution in [2.75, 3.05) is 26.2 Å². The second kappa shape index (κ2) is 8.72. The summed E-state index contributed by atoms with van der Waals surface area (Å²) >= 11 is 0. The van der Waals surface area contributed by atoms with Crippen LogP contribution < -0.4 is 5.32 Å². The summed E-state index contributed by atoms with van der Waals surface area (Å²) in [7, 11) is 0. The van der Waals surface area contributed by atoms with E-state index in [4.69, 9.17) is 0 Å². The van der Waals surface area contributed by atoms with Crippen molar-refractivity contribution in [2.24, 2.45) is 0 Å². The van der Waals surface area contributed by atoms with Crippen LogP contribution in [0.25, 0.3) is 11.1 Å². The van der Waals surface area contributed by atoms with Gasteiger partial charge in [0.1, 0.15) is 0 Å². The average molecular weight is 371 g/mol. The molecule has 1 unspecified atom stereocenters. The van der Waals surface area contributed by atoms with E-state index in [9.17, 15) is 0 Å². The first-order chi connectivity index (χ1) is 13.7. The maximum absolute atomic E-state index is 3.49. The number of nitrogens with zero attached hydrogens (tertiary/aromatic N) is 1. The van der Waals surface area contributed by atoms with Crippen LogP contribution in [0.4, 0.5) is 0 Å². The SMILES string of the molecule is CC(C)c1ccc(C(c2ccc(-c3ccccc3)cc2)N2CCNCC2)cc1. The Balaban J connectivity index is 1.67. The number of hydrogen-bond donors (Lipinski definition) is 1. The summed E-state index contributed by atoms with van der Waals surface area (Å²) in [5, 5.41) is 3.49. The third-order valence-electron chi connectivity index (χ3n) is 5.77. The van der Waals surface area contributed by atoms with Crippen molar-refractivity contribution in [3.8, 4) is 11.1 Å². The molecule has 28 heavy (non-hydrogen) atoms. The highest BCUT2D eigenvalue weighted by molar-refractivity contribution is 5.63. The minimum atomic E-state index is 0.313. The van der Waals surface area contributed by atoms with Crippen molar-refractivity contribution in [1.82, 2.24) is 10.2 Å². The Bertz CT molecular complexity index is 861. The van der Waals surface area contributed by atoms with Crippen molar-refractivity contribution >= 4 is 0 Å². The Kier molecular flexibility index (Phi) is 5.90. The molecule has 4 rings (SSSR count). The zero-order chi connectivity index (χ0) is 19.3. The topological polar surface area (TPSA) is 15.3 Å². The van der Waals surface area contributed by atoms with E-state index in [2.05, 4.69) is 103 Å².